The zero-order valence-electron chi connectivity index (χ0n) is 20.4. The maximum atomic E-state index is 13.9. The number of ether oxygens (including phenoxy) is 2. The molecule has 0 unspecified atom stereocenters. The second kappa shape index (κ2) is 11.7. The topological polar surface area (TPSA) is 112 Å². The number of halogens is 3. The summed E-state index contributed by atoms with van der Waals surface area (Å²) in [5.74, 6) is -2.72. The number of nitrogens with zero attached hydrogens (tertiary/aromatic N) is 3. The molecule has 13 heteroatoms. The van der Waals surface area contributed by atoms with E-state index in [0.29, 0.717) is 17.3 Å². The summed E-state index contributed by atoms with van der Waals surface area (Å²) in [4.78, 5) is 47.7. The highest BCUT2D eigenvalue weighted by molar-refractivity contribution is 6.31. The molecule has 0 saturated carbocycles. The molecule has 1 atom stereocenters. The first kappa shape index (κ1) is 27.2. The summed E-state index contributed by atoms with van der Waals surface area (Å²) in [5.41, 5.74) is 0.503. The fraction of sp³-hybridized carbons (Fsp3) is 0.280. The van der Waals surface area contributed by atoms with Crippen LogP contribution in [0.3, 0.4) is 0 Å². The Morgan fingerprint density at radius 2 is 2.03 bits per heavy atom. The third-order valence-corrected chi connectivity index (χ3v) is 6.06. The Labute approximate surface area is 220 Å². The highest BCUT2D eigenvalue weighted by Crippen LogP contribution is 2.22. The normalized spacial score (nSPS) is 15.1. The standard InChI is InChI=1S/C25H23ClF2N4O6/c1-14-3-4-15(22(33)30-19-12-38-32(24(19)34)7-8-36-2)9-20(14)31-13-29-23(21(26)25(31)35)37-11-16-5-6-17(27)10-18(16)28/h3-6,9-10,13,19H,7-8,11-12H2,1-2H3,(H,30,33)/t19-/m0/s1. The van der Waals surface area contributed by atoms with Crippen LogP contribution in [-0.4, -0.2) is 59.3 Å². The summed E-state index contributed by atoms with van der Waals surface area (Å²) in [6.45, 7) is 1.89. The van der Waals surface area contributed by atoms with E-state index in [4.69, 9.17) is 25.9 Å². The van der Waals surface area contributed by atoms with E-state index >= 15 is 0 Å². The Bertz CT molecular complexity index is 1430. The molecule has 200 valence electrons. The van der Waals surface area contributed by atoms with Gasteiger partial charge in [-0.2, -0.15) is 0 Å². The number of rotatable bonds is 9. The number of hydrogen-bond donors (Lipinski definition) is 1. The smallest absolute Gasteiger partial charge is 0.280 e. The van der Waals surface area contributed by atoms with E-state index < -0.39 is 35.0 Å². The Morgan fingerprint density at radius 3 is 2.76 bits per heavy atom. The fourth-order valence-corrected chi connectivity index (χ4v) is 3.85. The monoisotopic (exact) mass is 548 g/mol. The van der Waals surface area contributed by atoms with Crippen molar-refractivity contribution in [3.63, 3.8) is 0 Å². The van der Waals surface area contributed by atoms with Crippen molar-refractivity contribution in [3.05, 3.63) is 86.4 Å². The van der Waals surface area contributed by atoms with Crippen LogP contribution in [0.4, 0.5) is 8.78 Å². The minimum atomic E-state index is -0.870. The minimum Gasteiger partial charge on any atom is -0.471 e. The summed E-state index contributed by atoms with van der Waals surface area (Å²) in [5, 5.41) is 3.39. The third-order valence-electron chi connectivity index (χ3n) is 5.74. The molecule has 0 bridgehead atoms. The van der Waals surface area contributed by atoms with Gasteiger partial charge in [-0.25, -0.2) is 18.8 Å². The molecule has 0 aliphatic carbocycles. The van der Waals surface area contributed by atoms with Gasteiger partial charge >= 0.3 is 0 Å². The van der Waals surface area contributed by atoms with Crippen molar-refractivity contribution >= 4 is 23.4 Å². The molecule has 10 nitrogen and oxygen atoms in total. The lowest BCUT2D eigenvalue weighted by atomic mass is 10.1. The molecule has 1 aliphatic rings. The predicted octanol–water partition coefficient (Wildman–Crippen LogP) is 2.57. The van der Waals surface area contributed by atoms with Crippen LogP contribution in [0.1, 0.15) is 21.5 Å². The summed E-state index contributed by atoms with van der Waals surface area (Å²) >= 11 is 6.19. The Kier molecular flexibility index (Phi) is 8.35. The van der Waals surface area contributed by atoms with Crippen LogP contribution in [0.15, 0.2) is 47.5 Å². The first-order valence-corrected chi connectivity index (χ1v) is 11.8. The van der Waals surface area contributed by atoms with Crippen molar-refractivity contribution in [2.75, 3.05) is 26.9 Å². The van der Waals surface area contributed by atoms with Gasteiger partial charge in [0.25, 0.3) is 17.4 Å². The van der Waals surface area contributed by atoms with Crippen molar-refractivity contribution in [3.8, 4) is 11.6 Å². The van der Waals surface area contributed by atoms with Crippen LogP contribution in [0, 0.1) is 18.6 Å². The largest absolute Gasteiger partial charge is 0.471 e. The van der Waals surface area contributed by atoms with Crippen molar-refractivity contribution < 1.29 is 32.7 Å². The van der Waals surface area contributed by atoms with Crippen molar-refractivity contribution in [2.45, 2.75) is 19.6 Å². The first-order chi connectivity index (χ1) is 18.2. The van der Waals surface area contributed by atoms with Gasteiger partial charge in [0, 0.05) is 24.3 Å². The lowest BCUT2D eigenvalue weighted by molar-refractivity contribution is -0.164. The number of hydroxylamine groups is 2. The van der Waals surface area contributed by atoms with Gasteiger partial charge in [-0.05, 0) is 36.8 Å². The van der Waals surface area contributed by atoms with Crippen molar-refractivity contribution in [1.82, 2.24) is 19.9 Å². The molecule has 3 aromatic rings. The van der Waals surface area contributed by atoms with E-state index in [0.717, 1.165) is 22.0 Å². The van der Waals surface area contributed by atoms with Crippen LogP contribution >= 0.6 is 11.6 Å². The predicted molar refractivity (Wildman–Crippen MR) is 131 cm³/mol. The van der Waals surface area contributed by atoms with Crippen LogP contribution in [-0.2, 0) is 21.0 Å². The van der Waals surface area contributed by atoms with E-state index in [2.05, 4.69) is 10.3 Å². The highest BCUT2D eigenvalue weighted by atomic mass is 35.5. The summed E-state index contributed by atoms with van der Waals surface area (Å²) < 4.78 is 38.4. The molecule has 1 aromatic heterocycles. The SMILES string of the molecule is COCCN1OC[C@H](NC(=O)c2ccc(C)c(-n3cnc(OCc4ccc(F)cc4F)c(Cl)c3=O)c2)C1=O. The summed E-state index contributed by atoms with van der Waals surface area (Å²) in [6.07, 6.45) is 1.16. The van der Waals surface area contributed by atoms with Crippen molar-refractivity contribution in [1.29, 1.82) is 0 Å². The molecule has 1 aliphatic heterocycles. The number of methoxy groups -OCH3 is 1. The molecule has 4 rings (SSSR count). The van der Waals surface area contributed by atoms with Crippen molar-refractivity contribution in [2.24, 2.45) is 0 Å². The van der Waals surface area contributed by atoms with Gasteiger partial charge in [0.1, 0.15) is 37.2 Å². The van der Waals surface area contributed by atoms with Crippen LogP contribution in [0.2, 0.25) is 5.02 Å². The highest BCUT2D eigenvalue weighted by Gasteiger charge is 2.34. The number of carbonyl (C=O) groups excluding carboxylic acids is 2. The number of carbonyl (C=O) groups is 2. The molecule has 38 heavy (non-hydrogen) atoms. The number of benzene rings is 2. The third kappa shape index (κ3) is 5.82. The average Bonchev–Trinajstić information content (AvgIpc) is 3.23. The molecular weight excluding hydrogens is 526 g/mol. The Balaban J connectivity index is 1.51. The molecule has 1 saturated heterocycles. The van der Waals surface area contributed by atoms with E-state index in [1.54, 1.807) is 19.1 Å². The quantitative estimate of drug-likeness (QED) is 0.437. The molecule has 2 amide bonds. The number of aryl methyl sites for hydroxylation is 1. The van der Waals surface area contributed by atoms with Gasteiger partial charge < -0.3 is 14.8 Å². The minimum absolute atomic E-state index is 0.0186. The van der Waals surface area contributed by atoms with Gasteiger partial charge in [0.05, 0.1) is 18.8 Å². The Hall–Kier alpha value is -3.87. The molecule has 0 radical (unpaired) electrons. The van der Waals surface area contributed by atoms with E-state index in [1.807, 2.05) is 0 Å². The van der Waals surface area contributed by atoms with E-state index in [1.165, 1.54) is 19.2 Å². The number of hydrogen-bond acceptors (Lipinski definition) is 7. The zero-order valence-corrected chi connectivity index (χ0v) is 21.1. The number of amides is 2. The molecule has 2 heterocycles. The van der Waals surface area contributed by atoms with Crippen LogP contribution < -0.4 is 15.6 Å². The first-order valence-electron chi connectivity index (χ1n) is 11.4. The van der Waals surface area contributed by atoms with Gasteiger partial charge in [-0.1, -0.05) is 17.7 Å². The maximum Gasteiger partial charge on any atom is 0.280 e. The lowest BCUT2D eigenvalue weighted by Crippen LogP contribution is -2.43. The second-order valence-electron chi connectivity index (χ2n) is 8.32. The second-order valence-corrected chi connectivity index (χ2v) is 8.70. The zero-order chi connectivity index (χ0) is 27.4. The lowest BCUT2D eigenvalue weighted by Gasteiger charge is -2.15. The van der Waals surface area contributed by atoms with Crippen LogP contribution in [0.5, 0.6) is 5.88 Å². The van der Waals surface area contributed by atoms with Gasteiger partial charge in [0.15, 0.2) is 5.02 Å². The maximum absolute atomic E-state index is 13.9. The Morgan fingerprint density at radius 1 is 1.24 bits per heavy atom. The summed E-state index contributed by atoms with van der Waals surface area (Å²) in [7, 11) is 1.50. The molecular formula is C25H23ClF2N4O6. The number of nitrogens with one attached hydrogen (secondary N) is 1. The van der Waals surface area contributed by atoms with Crippen LogP contribution in [0.25, 0.3) is 5.69 Å². The summed E-state index contributed by atoms with van der Waals surface area (Å²) in [6, 6.07) is 6.77. The average molecular weight is 549 g/mol. The molecule has 2 aromatic carbocycles. The molecule has 0 spiro atoms. The molecule has 1 N–H and O–H groups in total. The fourth-order valence-electron chi connectivity index (χ4n) is 3.65. The number of aromatic nitrogens is 2. The molecule has 1 fully saturated rings. The van der Waals surface area contributed by atoms with Gasteiger partial charge in [-0.15, -0.1) is 0 Å². The van der Waals surface area contributed by atoms with Gasteiger partial charge in [0.2, 0.25) is 5.88 Å². The van der Waals surface area contributed by atoms with Gasteiger partial charge in [-0.3, -0.25) is 23.8 Å². The van der Waals surface area contributed by atoms with E-state index in [-0.39, 0.29) is 48.4 Å². The van der Waals surface area contributed by atoms with E-state index in [9.17, 15) is 23.2 Å².